The summed E-state index contributed by atoms with van der Waals surface area (Å²) in [5, 5.41) is 0. The highest BCUT2D eigenvalue weighted by Crippen LogP contribution is 2.25. The summed E-state index contributed by atoms with van der Waals surface area (Å²) in [6, 6.07) is 0. The largest absolute Gasteiger partial charge is 0.501 e. The molecule has 1 atom stereocenters. The molecule has 0 heterocycles. The summed E-state index contributed by atoms with van der Waals surface area (Å²) in [6.45, 7) is 0.404. The lowest BCUT2D eigenvalue weighted by atomic mass is 10.1. The van der Waals surface area contributed by atoms with Crippen LogP contribution >= 0.6 is 0 Å². The topological polar surface area (TPSA) is 54.0 Å². The number of carbonyl (C=O) groups is 1. The normalized spacial score (nSPS) is 22.5. The molecule has 1 rings (SSSR count). The molecule has 0 aromatic carbocycles. The number of hydrogen-bond acceptors (Lipinski definition) is 5. The zero-order valence-electron chi connectivity index (χ0n) is 11.1. The van der Waals surface area contributed by atoms with E-state index < -0.39 is 5.79 Å². The second-order valence-corrected chi connectivity index (χ2v) is 3.87. The van der Waals surface area contributed by atoms with E-state index in [0.29, 0.717) is 19.4 Å². The summed E-state index contributed by atoms with van der Waals surface area (Å²) in [5.74, 6) is -0.329. The number of ether oxygens (including phenoxy) is 4. The second-order valence-electron chi connectivity index (χ2n) is 3.87. The van der Waals surface area contributed by atoms with Crippen molar-refractivity contribution in [2.75, 3.05) is 27.9 Å². The number of esters is 1. The zero-order chi connectivity index (χ0) is 13.4. The minimum Gasteiger partial charge on any atom is -0.501 e. The molecule has 0 saturated heterocycles. The predicted molar refractivity (Wildman–Crippen MR) is 65.8 cm³/mol. The fourth-order valence-corrected chi connectivity index (χ4v) is 1.64. The fourth-order valence-electron chi connectivity index (χ4n) is 1.64. The molecule has 0 aromatic heterocycles. The highest BCUT2D eigenvalue weighted by Gasteiger charge is 2.28. The van der Waals surface area contributed by atoms with Gasteiger partial charge in [0.1, 0.15) is 5.76 Å². The molecule has 0 fully saturated rings. The summed E-state index contributed by atoms with van der Waals surface area (Å²) in [6.07, 6.45) is 7.22. The Morgan fingerprint density at radius 1 is 1.39 bits per heavy atom. The smallest absolute Gasteiger partial charge is 0.305 e. The first-order chi connectivity index (χ1) is 8.65. The zero-order valence-corrected chi connectivity index (χ0v) is 11.1. The molecule has 0 aromatic rings. The van der Waals surface area contributed by atoms with Crippen LogP contribution in [0, 0.1) is 0 Å². The van der Waals surface area contributed by atoms with Crippen molar-refractivity contribution in [1.29, 1.82) is 0 Å². The van der Waals surface area contributed by atoms with Gasteiger partial charge in [0.2, 0.25) is 5.79 Å². The van der Waals surface area contributed by atoms with Gasteiger partial charge in [-0.15, -0.1) is 0 Å². The van der Waals surface area contributed by atoms with Crippen molar-refractivity contribution in [1.82, 2.24) is 0 Å². The van der Waals surface area contributed by atoms with Crippen molar-refractivity contribution >= 4 is 5.97 Å². The van der Waals surface area contributed by atoms with Gasteiger partial charge in [0.15, 0.2) is 0 Å². The van der Waals surface area contributed by atoms with E-state index in [4.69, 9.17) is 14.2 Å². The average molecular weight is 256 g/mol. The van der Waals surface area contributed by atoms with Crippen molar-refractivity contribution in [3.05, 3.63) is 24.0 Å². The van der Waals surface area contributed by atoms with Crippen LogP contribution in [0.2, 0.25) is 0 Å². The van der Waals surface area contributed by atoms with Crippen molar-refractivity contribution in [3.8, 4) is 0 Å². The molecule has 0 bridgehead atoms. The molecule has 0 saturated carbocycles. The van der Waals surface area contributed by atoms with Crippen molar-refractivity contribution < 1.29 is 23.7 Å². The van der Waals surface area contributed by atoms with Crippen LogP contribution in [0.15, 0.2) is 24.0 Å². The van der Waals surface area contributed by atoms with Gasteiger partial charge in [0.05, 0.1) is 20.8 Å². The van der Waals surface area contributed by atoms with E-state index in [-0.39, 0.29) is 5.97 Å². The lowest BCUT2D eigenvalue weighted by Crippen LogP contribution is -2.32. The van der Waals surface area contributed by atoms with Crippen LogP contribution in [0.25, 0.3) is 0 Å². The molecule has 1 unspecified atom stereocenters. The van der Waals surface area contributed by atoms with Gasteiger partial charge in [-0.1, -0.05) is 6.08 Å². The maximum Gasteiger partial charge on any atom is 0.305 e. The summed E-state index contributed by atoms with van der Waals surface area (Å²) in [7, 11) is 4.56. The number of methoxy groups -OCH3 is 3. The Hall–Kier alpha value is -1.33. The summed E-state index contributed by atoms with van der Waals surface area (Å²) < 4.78 is 20.8. The fraction of sp³-hybridized carbons (Fsp3) is 0.615. The third-order valence-electron chi connectivity index (χ3n) is 2.69. The molecular formula is C13H20O5. The highest BCUT2D eigenvalue weighted by atomic mass is 16.7. The third-order valence-corrected chi connectivity index (χ3v) is 2.69. The molecule has 0 aliphatic heterocycles. The number of rotatable bonds is 7. The third kappa shape index (κ3) is 4.16. The SMILES string of the molecule is COC(=O)CCCOC1(OC)C=CCC(OC)=C1. The van der Waals surface area contributed by atoms with Crippen molar-refractivity contribution in [2.24, 2.45) is 0 Å². The molecule has 5 heteroatoms. The molecule has 0 amide bonds. The average Bonchev–Trinajstić information content (AvgIpc) is 2.43. The van der Waals surface area contributed by atoms with Gasteiger partial charge >= 0.3 is 5.97 Å². The lowest BCUT2D eigenvalue weighted by Gasteiger charge is -2.29. The Morgan fingerprint density at radius 3 is 2.78 bits per heavy atom. The van der Waals surface area contributed by atoms with Crippen LogP contribution in [0.1, 0.15) is 19.3 Å². The van der Waals surface area contributed by atoms with E-state index in [1.54, 1.807) is 20.3 Å². The summed E-state index contributed by atoms with van der Waals surface area (Å²) in [5.41, 5.74) is 0. The standard InChI is InChI=1S/C13H20O5/c1-15-11-6-4-8-13(10-11,17-3)18-9-5-7-12(14)16-2/h4,8,10H,5-7,9H2,1-3H3. The Balaban J connectivity index is 2.46. The Labute approximate surface area is 107 Å². The van der Waals surface area contributed by atoms with E-state index in [1.165, 1.54) is 7.11 Å². The van der Waals surface area contributed by atoms with Crippen LogP contribution in [-0.2, 0) is 23.7 Å². The second kappa shape index (κ2) is 7.18. The maximum atomic E-state index is 11.0. The first-order valence-corrected chi connectivity index (χ1v) is 5.85. The number of hydrogen-bond donors (Lipinski definition) is 0. The Morgan fingerprint density at radius 2 is 2.17 bits per heavy atom. The minimum atomic E-state index is -0.889. The summed E-state index contributed by atoms with van der Waals surface area (Å²) >= 11 is 0. The van der Waals surface area contributed by atoms with E-state index in [9.17, 15) is 4.79 Å². The Kier molecular flexibility index (Phi) is 5.88. The van der Waals surface area contributed by atoms with Gasteiger partial charge in [-0.3, -0.25) is 4.79 Å². The molecule has 18 heavy (non-hydrogen) atoms. The van der Waals surface area contributed by atoms with Crippen molar-refractivity contribution in [3.63, 3.8) is 0 Å². The van der Waals surface area contributed by atoms with E-state index in [2.05, 4.69) is 4.74 Å². The van der Waals surface area contributed by atoms with Crippen molar-refractivity contribution in [2.45, 2.75) is 25.0 Å². The molecule has 102 valence electrons. The molecule has 0 N–H and O–H groups in total. The van der Waals surface area contributed by atoms with Crippen LogP contribution in [-0.4, -0.2) is 39.7 Å². The van der Waals surface area contributed by atoms with Gasteiger partial charge in [-0.2, -0.15) is 0 Å². The Bertz CT molecular complexity index is 334. The van der Waals surface area contributed by atoms with E-state index in [0.717, 1.165) is 12.2 Å². The monoisotopic (exact) mass is 256 g/mol. The van der Waals surface area contributed by atoms with E-state index in [1.807, 2.05) is 12.2 Å². The van der Waals surface area contributed by atoms with Gasteiger partial charge in [-0.05, 0) is 12.5 Å². The molecule has 5 nitrogen and oxygen atoms in total. The van der Waals surface area contributed by atoms with Crippen LogP contribution in [0.4, 0.5) is 0 Å². The lowest BCUT2D eigenvalue weighted by molar-refractivity contribution is -0.159. The summed E-state index contributed by atoms with van der Waals surface area (Å²) in [4.78, 5) is 11.0. The quantitative estimate of drug-likeness (QED) is 0.301. The molecule has 1 aliphatic rings. The van der Waals surface area contributed by atoms with E-state index >= 15 is 0 Å². The first kappa shape index (κ1) is 14.7. The van der Waals surface area contributed by atoms with Gasteiger partial charge in [-0.25, -0.2) is 0 Å². The number of allylic oxidation sites excluding steroid dienone is 1. The molecule has 0 spiro atoms. The first-order valence-electron chi connectivity index (χ1n) is 5.85. The van der Waals surface area contributed by atoms with Gasteiger partial charge in [0.25, 0.3) is 0 Å². The van der Waals surface area contributed by atoms with Gasteiger partial charge in [0, 0.05) is 26.0 Å². The van der Waals surface area contributed by atoms with Crippen LogP contribution < -0.4 is 0 Å². The molecule has 0 radical (unpaired) electrons. The highest BCUT2D eigenvalue weighted by molar-refractivity contribution is 5.68. The van der Waals surface area contributed by atoms with Crippen LogP contribution in [0.5, 0.6) is 0 Å². The maximum absolute atomic E-state index is 11.0. The predicted octanol–water partition coefficient (Wildman–Crippen LogP) is 1.79. The molecular weight excluding hydrogens is 236 g/mol. The molecule has 1 aliphatic carbocycles. The van der Waals surface area contributed by atoms with Crippen LogP contribution in [0.3, 0.4) is 0 Å². The number of carbonyl (C=O) groups excluding carboxylic acids is 1. The van der Waals surface area contributed by atoms with Gasteiger partial charge < -0.3 is 18.9 Å². The minimum absolute atomic E-state index is 0.239.